The highest BCUT2D eigenvalue weighted by atomic mass is 16.6. The van der Waals surface area contributed by atoms with Gasteiger partial charge in [-0.2, -0.15) is 0 Å². The van der Waals surface area contributed by atoms with E-state index in [1.807, 2.05) is 13.8 Å². The zero-order valence-corrected chi connectivity index (χ0v) is 26.1. The largest absolute Gasteiger partial charge is 0.387 e. The summed E-state index contributed by atoms with van der Waals surface area (Å²) in [5.41, 5.74) is -3.93. The number of rotatable bonds is 5. The second-order valence-corrected chi connectivity index (χ2v) is 15.8. The number of hydrogen-bond acceptors (Lipinski definition) is 9. The number of allylic oxidation sites excluding steroid dienone is 1. The average molecular weight is 633 g/mol. The highest BCUT2D eigenvalue weighted by Gasteiger charge is 2.97. The summed E-state index contributed by atoms with van der Waals surface area (Å²) >= 11 is 0. The van der Waals surface area contributed by atoms with Crippen molar-refractivity contribution in [2.45, 2.75) is 83.1 Å². The number of carbonyl (C=O) groups excluding carboxylic acids is 4. The number of nitrogens with one attached hydrogen (secondary N) is 1. The number of ketones is 3. The monoisotopic (exact) mass is 632 g/mol. The number of benzene rings is 1. The number of nitrogens with zero attached hydrogens (tertiary/aromatic N) is 1. The Hall–Kier alpha value is -3.28. The van der Waals surface area contributed by atoms with Crippen molar-refractivity contribution in [3.8, 4) is 0 Å². The first-order valence-electron chi connectivity index (χ1n) is 16.6. The number of ether oxygens (including phenoxy) is 1. The average Bonchev–Trinajstić information content (AvgIpc) is 3.03. The summed E-state index contributed by atoms with van der Waals surface area (Å²) < 4.78 is 6.09. The van der Waals surface area contributed by atoms with Crippen molar-refractivity contribution >= 4 is 28.9 Å². The Labute approximate surface area is 266 Å². The molecule has 46 heavy (non-hydrogen) atoms. The van der Waals surface area contributed by atoms with Gasteiger partial charge in [-0.25, -0.2) is 0 Å². The molecule has 0 radical (unpaired) electrons. The van der Waals surface area contributed by atoms with E-state index in [0.29, 0.717) is 56.9 Å². The van der Waals surface area contributed by atoms with Crippen LogP contribution in [0.15, 0.2) is 36.4 Å². The van der Waals surface area contributed by atoms with E-state index in [1.54, 1.807) is 0 Å². The van der Waals surface area contributed by atoms with Gasteiger partial charge in [0.2, 0.25) is 5.79 Å². The predicted octanol–water partition coefficient (Wildman–Crippen LogP) is 3.31. The molecule has 6 aliphatic carbocycles. The molecule has 2 saturated heterocycles. The van der Waals surface area contributed by atoms with E-state index < -0.39 is 73.8 Å². The van der Waals surface area contributed by atoms with Crippen LogP contribution in [0.3, 0.4) is 0 Å². The number of aliphatic hydroxyl groups excluding tert-OH is 1. The molecule has 244 valence electrons. The van der Waals surface area contributed by atoms with Gasteiger partial charge in [-0.3, -0.25) is 29.3 Å². The summed E-state index contributed by atoms with van der Waals surface area (Å²) in [6.07, 6.45) is 2.54. The van der Waals surface area contributed by atoms with Crippen LogP contribution in [-0.4, -0.2) is 62.9 Å². The van der Waals surface area contributed by atoms with Crippen LogP contribution in [0.25, 0.3) is 0 Å². The number of Topliss-reactive ketones (excluding diaryl/α,β-unsaturated/α-hetero) is 3. The number of aliphatic hydroxyl groups is 2. The van der Waals surface area contributed by atoms with Crippen LogP contribution in [0.2, 0.25) is 0 Å². The van der Waals surface area contributed by atoms with Gasteiger partial charge in [0.05, 0.1) is 22.4 Å². The van der Waals surface area contributed by atoms with Crippen molar-refractivity contribution in [1.29, 1.82) is 0 Å². The fourth-order valence-corrected chi connectivity index (χ4v) is 12.1. The Balaban J connectivity index is 1.05. The maximum atomic E-state index is 14.9. The second kappa shape index (κ2) is 9.20. The van der Waals surface area contributed by atoms with Crippen LogP contribution in [-0.2, 0) is 19.1 Å². The van der Waals surface area contributed by atoms with Crippen molar-refractivity contribution in [3.63, 3.8) is 0 Å². The Morgan fingerprint density at radius 1 is 1.09 bits per heavy atom. The minimum Gasteiger partial charge on any atom is -0.387 e. The summed E-state index contributed by atoms with van der Waals surface area (Å²) in [6.45, 7) is 8.27. The van der Waals surface area contributed by atoms with E-state index in [-0.39, 0.29) is 41.4 Å². The number of carbonyl (C=O) groups is 4. The van der Waals surface area contributed by atoms with Crippen LogP contribution in [0.1, 0.15) is 75.6 Å². The molecular weight excluding hydrogens is 592 g/mol. The number of nitro groups is 1. The molecule has 1 aromatic carbocycles. The SMILES string of the molecule is C=C1[C@@H]2CC[C@H]3[C@@]45CO[C@](O)([C@@H](O)[C@@H]4C(C)(C)CCC5=O)[C@]34C(=O)C1(C(=O)C1CCC(NC(=O)c3cccc([N+](=O)[O-])c3)CC1)[C@H]24. The van der Waals surface area contributed by atoms with Gasteiger partial charge in [-0.15, -0.1) is 0 Å². The van der Waals surface area contributed by atoms with Gasteiger partial charge in [-0.1, -0.05) is 32.1 Å². The van der Waals surface area contributed by atoms with Crippen LogP contribution in [0.5, 0.6) is 0 Å². The van der Waals surface area contributed by atoms with Crippen molar-refractivity contribution in [2.24, 2.45) is 51.2 Å². The van der Waals surface area contributed by atoms with Crippen molar-refractivity contribution < 1.29 is 39.1 Å². The molecule has 0 aromatic heterocycles. The molecule has 2 bridgehead atoms. The van der Waals surface area contributed by atoms with E-state index in [4.69, 9.17) is 4.74 Å². The Kier molecular flexibility index (Phi) is 6.01. The van der Waals surface area contributed by atoms with Gasteiger partial charge >= 0.3 is 0 Å². The minimum atomic E-state index is -2.18. The van der Waals surface area contributed by atoms with Crippen LogP contribution in [0.4, 0.5) is 5.69 Å². The predicted molar refractivity (Wildman–Crippen MR) is 161 cm³/mol. The molecule has 6 saturated carbocycles. The van der Waals surface area contributed by atoms with E-state index in [9.17, 15) is 39.5 Å². The third-order valence-corrected chi connectivity index (χ3v) is 13.9. The summed E-state index contributed by atoms with van der Waals surface area (Å²) in [5, 5.41) is 38.3. The van der Waals surface area contributed by atoms with Crippen molar-refractivity contribution in [2.75, 3.05) is 6.61 Å². The third kappa shape index (κ3) is 3.11. The molecule has 11 heteroatoms. The number of hydrogen-bond donors (Lipinski definition) is 3. The number of amides is 1. The maximum Gasteiger partial charge on any atom is 0.270 e. The van der Waals surface area contributed by atoms with Gasteiger partial charge < -0.3 is 20.3 Å². The lowest BCUT2D eigenvalue weighted by Gasteiger charge is -2.84. The van der Waals surface area contributed by atoms with Gasteiger partial charge in [-0.05, 0) is 68.3 Å². The third-order valence-electron chi connectivity index (χ3n) is 13.9. The minimum absolute atomic E-state index is 0.0132. The summed E-state index contributed by atoms with van der Waals surface area (Å²) in [6, 6.07) is 5.29. The number of fused-ring (bicyclic) bond motifs is 1. The van der Waals surface area contributed by atoms with Crippen LogP contribution < -0.4 is 5.32 Å². The topological polar surface area (TPSA) is 173 Å². The zero-order chi connectivity index (χ0) is 32.8. The molecule has 9 atom stereocenters. The van der Waals surface area contributed by atoms with Crippen LogP contribution >= 0.6 is 0 Å². The molecule has 2 spiro atoms. The lowest BCUT2D eigenvalue weighted by molar-refractivity contribution is -0.460. The molecule has 2 heterocycles. The molecule has 9 rings (SSSR count). The summed E-state index contributed by atoms with van der Waals surface area (Å²) in [5.74, 6) is -5.53. The first kappa shape index (κ1) is 30.1. The molecule has 2 aliphatic heterocycles. The molecule has 3 N–H and O–H groups in total. The van der Waals surface area contributed by atoms with Gasteiger partial charge in [0.25, 0.3) is 11.6 Å². The van der Waals surface area contributed by atoms with Crippen LogP contribution in [0, 0.1) is 61.4 Å². The van der Waals surface area contributed by atoms with Crippen molar-refractivity contribution in [3.05, 3.63) is 52.1 Å². The first-order valence-corrected chi connectivity index (χ1v) is 16.6. The Morgan fingerprint density at radius 2 is 1.80 bits per heavy atom. The lowest BCUT2D eigenvalue weighted by atomic mass is 9.18. The molecule has 8 aliphatic rings. The summed E-state index contributed by atoms with van der Waals surface area (Å²) in [4.78, 5) is 66.7. The maximum absolute atomic E-state index is 14.9. The van der Waals surface area contributed by atoms with E-state index >= 15 is 0 Å². The van der Waals surface area contributed by atoms with E-state index in [1.165, 1.54) is 24.3 Å². The second-order valence-electron chi connectivity index (χ2n) is 15.8. The van der Waals surface area contributed by atoms with Gasteiger partial charge in [0.15, 0.2) is 11.6 Å². The fourth-order valence-electron chi connectivity index (χ4n) is 12.1. The number of nitro benzene ring substituents is 1. The summed E-state index contributed by atoms with van der Waals surface area (Å²) in [7, 11) is 0. The van der Waals surface area contributed by atoms with Gasteiger partial charge in [0, 0.05) is 47.9 Å². The van der Waals surface area contributed by atoms with Crippen molar-refractivity contribution in [1.82, 2.24) is 5.32 Å². The normalized spacial score (nSPS) is 46.2. The smallest absolute Gasteiger partial charge is 0.270 e. The van der Waals surface area contributed by atoms with E-state index in [0.717, 1.165) is 0 Å². The highest BCUT2D eigenvalue weighted by molar-refractivity contribution is 6.21. The highest BCUT2D eigenvalue weighted by Crippen LogP contribution is 2.87. The Morgan fingerprint density at radius 3 is 2.50 bits per heavy atom. The fraction of sp³-hybridized carbons (Fsp3) is 0.657. The first-order chi connectivity index (χ1) is 21.7. The Bertz CT molecular complexity index is 1650. The van der Waals surface area contributed by atoms with E-state index in [2.05, 4.69) is 11.9 Å². The van der Waals surface area contributed by atoms with Gasteiger partial charge in [0.1, 0.15) is 17.3 Å². The molecule has 8 fully saturated rings. The molecule has 1 unspecified atom stereocenters. The standard InChI is InChI=1S/C35H40N2O9/c1-17-22-11-12-23-32-16-46-35(43,28(40)26(32)31(2,3)14-13-24(32)38)34(23)25(22)33(17,30(34)42)27(39)18-7-9-20(10-8-18)36-29(41)19-5-4-6-21(15-19)37(44)45/h4-6,15,18,20,22-23,25-26,28,40,43H,1,7-14,16H2,2-3H3,(H,36,41)/t18?,20?,22-,23-,25-,26+,28-,32+,33?,34+,35+/m0/s1. The molecular formula is C35H40N2O9. The lowest BCUT2D eigenvalue weighted by Crippen LogP contribution is -2.95. The molecule has 11 nitrogen and oxygen atoms in total. The quantitative estimate of drug-likeness (QED) is 0.191. The zero-order valence-electron chi connectivity index (χ0n) is 26.1. The molecule has 1 aromatic rings. The number of non-ortho nitro benzene ring substituents is 1. The molecule has 1 amide bonds.